The Hall–Kier alpha value is -1.17. The number of carbonyl (C=O) groups excluding carboxylic acids is 1. The van der Waals surface area contributed by atoms with Crippen molar-refractivity contribution in [3.05, 3.63) is 17.0 Å². The van der Waals surface area contributed by atoms with Crippen molar-refractivity contribution in [2.24, 2.45) is 0 Å². The van der Waals surface area contributed by atoms with E-state index in [1.165, 1.54) is 6.33 Å². The quantitative estimate of drug-likeness (QED) is 0.882. The second-order valence-electron chi connectivity index (χ2n) is 3.75. The molecule has 6 heteroatoms. The van der Waals surface area contributed by atoms with Crippen LogP contribution in [-0.2, 0) is 4.79 Å². The number of hydrogen-bond donors (Lipinski definition) is 2. The Morgan fingerprint density at radius 2 is 2.12 bits per heavy atom. The molecule has 5 nitrogen and oxygen atoms in total. The van der Waals surface area contributed by atoms with Crippen molar-refractivity contribution < 1.29 is 4.79 Å². The van der Waals surface area contributed by atoms with Crippen molar-refractivity contribution in [3.63, 3.8) is 0 Å². The normalized spacial score (nSPS) is 12.3. The largest absolute Gasteiger partial charge is 0.358 e. The first-order chi connectivity index (χ1) is 7.50. The topological polar surface area (TPSA) is 66.9 Å². The van der Waals surface area contributed by atoms with Crippen LogP contribution in [-0.4, -0.2) is 28.0 Å². The summed E-state index contributed by atoms with van der Waals surface area (Å²) in [6, 6.07) is -0.209. The van der Waals surface area contributed by atoms with Crippen LogP contribution >= 0.6 is 15.9 Å². The van der Waals surface area contributed by atoms with Crippen LogP contribution in [0.4, 0.5) is 5.82 Å². The minimum atomic E-state index is -0.339. The molecule has 1 unspecified atom stereocenters. The second-order valence-corrected chi connectivity index (χ2v) is 4.60. The molecule has 0 aromatic carbocycles. The summed E-state index contributed by atoms with van der Waals surface area (Å²) in [5.41, 5.74) is 0. The summed E-state index contributed by atoms with van der Waals surface area (Å²) in [4.78, 5) is 19.5. The van der Waals surface area contributed by atoms with Gasteiger partial charge in [0.25, 0.3) is 0 Å². The lowest BCUT2D eigenvalue weighted by Crippen LogP contribution is -2.41. The SMILES string of the molecule is CC(C)NC(=O)C(C)Nc1ncncc1Br. The average Bonchev–Trinajstić information content (AvgIpc) is 2.20. The molecule has 1 rings (SSSR count). The lowest BCUT2D eigenvalue weighted by molar-refractivity contribution is -0.122. The Morgan fingerprint density at radius 3 is 2.69 bits per heavy atom. The molecule has 1 amide bonds. The van der Waals surface area contributed by atoms with E-state index in [9.17, 15) is 4.79 Å². The second kappa shape index (κ2) is 5.79. The first-order valence-corrected chi connectivity index (χ1v) is 5.82. The summed E-state index contributed by atoms with van der Waals surface area (Å²) in [5.74, 6) is 0.557. The zero-order valence-electron chi connectivity index (χ0n) is 9.49. The monoisotopic (exact) mass is 286 g/mol. The number of anilines is 1. The van der Waals surface area contributed by atoms with Gasteiger partial charge in [0, 0.05) is 12.2 Å². The molecule has 88 valence electrons. The zero-order valence-corrected chi connectivity index (χ0v) is 11.1. The van der Waals surface area contributed by atoms with Crippen LogP contribution < -0.4 is 10.6 Å². The van der Waals surface area contributed by atoms with Gasteiger partial charge < -0.3 is 10.6 Å². The molecule has 0 bridgehead atoms. The fraction of sp³-hybridized carbons (Fsp3) is 0.500. The summed E-state index contributed by atoms with van der Waals surface area (Å²) >= 11 is 3.31. The number of carbonyl (C=O) groups is 1. The highest BCUT2D eigenvalue weighted by atomic mass is 79.9. The Kier molecular flexibility index (Phi) is 4.67. The van der Waals surface area contributed by atoms with E-state index in [0.29, 0.717) is 5.82 Å². The lowest BCUT2D eigenvalue weighted by atomic mass is 10.3. The smallest absolute Gasteiger partial charge is 0.242 e. The molecule has 16 heavy (non-hydrogen) atoms. The van der Waals surface area contributed by atoms with Gasteiger partial charge in [-0.15, -0.1) is 0 Å². The third-order valence-electron chi connectivity index (χ3n) is 1.85. The van der Waals surface area contributed by atoms with Gasteiger partial charge in [-0.25, -0.2) is 9.97 Å². The van der Waals surface area contributed by atoms with Crippen LogP contribution in [0.1, 0.15) is 20.8 Å². The first-order valence-electron chi connectivity index (χ1n) is 5.03. The Morgan fingerprint density at radius 1 is 1.44 bits per heavy atom. The molecular weight excluding hydrogens is 272 g/mol. The van der Waals surface area contributed by atoms with E-state index < -0.39 is 0 Å². The third-order valence-corrected chi connectivity index (χ3v) is 2.43. The Balaban J connectivity index is 2.61. The van der Waals surface area contributed by atoms with Crippen LogP contribution in [0.2, 0.25) is 0 Å². The maximum atomic E-state index is 11.6. The van der Waals surface area contributed by atoms with Crippen LogP contribution in [0.25, 0.3) is 0 Å². The third kappa shape index (κ3) is 3.77. The minimum absolute atomic E-state index is 0.0551. The van der Waals surface area contributed by atoms with Gasteiger partial charge >= 0.3 is 0 Å². The number of amides is 1. The fourth-order valence-corrected chi connectivity index (χ4v) is 1.43. The van der Waals surface area contributed by atoms with E-state index in [0.717, 1.165) is 4.47 Å². The van der Waals surface area contributed by atoms with E-state index in [-0.39, 0.29) is 18.0 Å². The van der Waals surface area contributed by atoms with E-state index in [1.807, 2.05) is 13.8 Å². The van der Waals surface area contributed by atoms with Gasteiger partial charge in [-0.2, -0.15) is 0 Å². The Labute approximate surface area is 103 Å². The molecule has 1 atom stereocenters. The molecule has 0 saturated carbocycles. The number of nitrogens with one attached hydrogen (secondary N) is 2. The number of halogens is 1. The maximum absolute atomic E-state index is 11.6. The van der Waals surface area contributed by atoms with Gasteiger partial charge in [0.2, 0.25) is 5.91 Å². The average molecular weight is 287 g/mol. The van der Waals surface area contributed by atoms with Crippen molar-refractivity contribution in [3.8, 4) is 0 Å². The van der Waals surface area contributed by atoms with Crippen molar-refractivity contribution >= 4 is 27.7 Å². The molecule has 0 spiro atoms. The van der Waals surface area contributed by atoms with Crippen molar-refractivity contribution in [2.75, 3.05) is 5.32 Å². The van der Waals surface area contributed by atoms with Gasteiger partial charge in [-0.1, -0.05) is 0 Å². The van der Waals surface area contributed by atoms with Crippen molar-refractivity contribution in [1.82, 2.24) is 15.3 Å². The molecule has 1 aromatic rings. The highest BCUT2D eigenvalue weighted by Gasteiger charge is 2.14. The standard InChI is InChI=1S/C10H15BrN4O/c1-6(2)14-10(16)7(3)15-9-8(11)4-12-5-13-9/h4-7H,1-3H3,(H,14,16)(H,12,13,15). The number of aromatic nitrogens is 2. The molecule has 0 aliphatic carbocycles. The minimum Gasteiger partial charge on any atom is -0.358 e. The molecule has 1 heterocycles. The van der Waals surface area contributed by atoms with E-state index >= 15 is 0 Å². The van der Waals surface area contributed by atoms with Gasteiger partial charge in [0.15, 0.2) is 0 Å². The van der Waals surface area contributed by atoms with E-state index in [2.05, 4.69) is 36.5 Å². The number of hydrogen-bond acceptors (Lipinski definition) is 4. The summed E-state index contributed by atoms with van der Waals surface area (Å²) in [7, 11) is 0. The highest BCUT2D eigenvalue weighted by molar-refractivity contribution is 9.10. The summed E-state index contributed by atoms with van der Waals surface area (Å²) < 4.78 is 0.735. The van der Waals surface area contributed by atoms with Crippen molar-refractivity contribution in [1.29, 1.82) is 0 Å². The van der Waals surface area contributed by atoms with E-state index in [4.69, 9.17) is 0 Å². The number of nitrogens with zero attached hydrogens (tertiary/aromatic N) is 2. The molecule has 0 fully saturated rings. The predicted octanol–water partition coefficient (Wildman–Crippen LogP) is 1.56. The van der Waals surface area contributed by atoms with Crippen LogP contribution in [0.15, 0.2) is 17.0 Å². The molecule has 2 N–H and O–H groups in total. The molecule has 0 aliphatic rings. The van der Waals surface area contributed by atoms with Gasteiger partial charge in [-0.05, 0) is 36.7 Å². The highest BCUT2D eigenvalue weighted by Crippen LogP contribution is 2.17. The van der Waals surface area contributed by atoms with E-state index in [1.54, 1.807) is 13.1 Å². The predicted molar refractivity (Wildman–Crippen MR) is 66.1 cm³/mol. The summed E-state index contributed by atoms with van der Waals surface area (Å²) in [5, 5.41) is 5.83. The zero-order chi connectivity index (χ0) is 12.1. The Bertz CT molecular complexity index is 370. The molecule has 0 saturated heterocycles. The lowest BCUT2D eigenvalue weighted by Gasteiger charge is -2.16. The molecular formula is C10H15BrN4O. The fourth-order valence-electron chi connectivity index (χ4n) is 1.10. The maximum Gasteiger partial charge on any atom is 0.242 e. The summed E-state index contributed by atoms with van der Waals surface area (Å²) in [6.45, 7) is 5.63. The molecule has 0 aliphatic heterocycles. The summed E-state index contributed by atoms with van der Waals surface area (Å²) in [6.07, 6.45) is 3.06. The van der Waals surface area contributed by atoms with Crippen LogP contribution in [0, 0.1) is 0 Å². The van der Waals surface area contributed by atoms with Gasteiger partial charge in [0.05, 0.1) is 4.47 Å². The molecule has 0 radical (unpaired) electrons. The van der Waals surface area contributed by atoms with Crippen LogP contribution in [0.5, 0.6) is 0 Å². The first kappa shape index (κ1) is 12.9. The van der Waals surface area contributed by atoms with Crippen molar-refractivity contribution in [2.45, 2.75) is 32.9 Å². The number of rotatable bonds is 4. The van der Waals surface area contributed by atoms with Crippen LogP contribution in [0.3, 0.4) is 0 Å². The van der Waals surface area contributed by atoms with Gasteiger partial charge in [0.1, 0.15) is 18.2 Å². The van der Waals surface area contributed by atoms with Gasteiger partial charge in [-0.3, -0.25) is 4.79 Å². The molecule has 1 aromatic heterocycles.